The van der Waals surface area contributed by atoms with E-state index in [1.807, 2.05) is 44.2 Å². The van der Waals surface area contributed by atoms with Gasteiger partial charge in [0.25, 0.3) is 11.8 Å². The van der Waals surface area contributed by atoms with Crippen molar-refractivity contribution < 1.29 is 42.3 Å². The molecule has 14 nitrogen and oxygen atoms in total. The number of thiophene rings is 1. The summed E-state index contributed by atoms with van der Waals surface area (Å²) in [7, 11) is 1.63. The Balaban J connectivity index is 1.21. The van der Waals surface area contributed by atoms with Crippen LogP contribution in [-0.4, -0.2) is 94.1 Å². The molecule has 1 saturated heterocycles. The molecule has 0 radical (unpaired) electrons. The second-order valence-electron chi connectivity index (χ2n) is 15.2. The lowest BCUT2D eigenvalue weighted by atomic mass is 10.0. The molecule has 3 fully saturated rings. The van der Waals surface area contributed by atoms with Gasteiger partial charge in [0.15, 0.2) is 0 Å². The maximum atomic E-state index is 14.8. The quantitative estimate of drug-likeness (QED) is 0.219. The van der Waals surface area contributed by atoms with Crippen LogP contribution in [0.15, 0.2) is 42.5 Å². The molecule has 57 heavy (non-hydrogen) atoms. The van der Waals surface area contributed by atoms with Crippen LogP contribution in [-0.2, 0) is 36.7 Å². The average molecular weight is 822 g/mol. The number of pyridine rings is 1. The number of methoxy groups -OCH3 is 2. The van der Waals surface area contributed by atoms with E-state index in [9.17, 15) is 23.4 Å². The zero-order chi connectivity index (χ0) is 40.3. The van der Waals surface area contributed by atoms with Gasteiger partial charge in [0.1, 0.15) is 46.2 Å². The number of fused-ring (bicyclic) bond motifs is 3. The number of hydrogen-bond acceptors (Lipinski definition) is 11. The number of rotatable bonds is 12. The van der Waals surface area contributed by atoms with Crippen LogP contribution in [0.3, 0.4) is 0 Å². The van der Waals surface area contributed by atoms with E-state index >= 15 is 0 Å². The van der Waals surface area contributed by atoms with Gasteiger partial charge in [-0.25, -0.2) is 9.19 Å². The second kappa shape index (κ2) is 17.5. The highest BCUT2D eigenvalue weighted by atomic mass is 32.2. The molecule has 2 aromatic heterocycles. The summed E-state index contributed by atoms with van der Waals surface area (Å²) >= 11 is 1.30. The molecule has 7 rings (SSSR count). The first kappa shape index (κ1) is 40.6. The van der Waals surface area contributed by atoms with Crippen LogP contribution in [0.4, 0.5) is 0 Å². The van der Waals surface area contributed by atoms with Gasteiger partial charge >= 0.3 is 0 Å². The fraction of sp³-hybridized carbons (Fsp3) is 0.537. The van der Waals surface area contributed by atoms with Gasteiger partial charge < -0.3 is 34.5 Å². The van der Waals surface area contributed by atoms with Crippen LogP contribution in [0.5, 0.6) is 17.4 Å². The molecule has 306 valence electrons. The van der Waals surface area contributed by atoms with E-state index in [2.05, 4.69) is 15.4 Å². The molecule has 2 aliphatic carbocycles. The number of hydrogen-bond donors (Lipinski definition) is 3. The normalized spacial score (nSPS) is 26.2. The number of aromatic nitrogens is 1. The number of carbonyl (C=O) groups is 4. The Hall–Kier alpha value is -4.54. The SMILES string of the molecule is CCOc1cc(O[C@@H]2C[C@H]3C(=O)N[C@]4(C(=O)NS(=O)C5CC5)C[C@H]4/C=C\CCCCC[C@H](NC(=O)c4ccc(COC)s4)C(=O)N3C2)c2ccc(OC)c(C)c2n1. The zero-order valence-corrected chi connectivity index (χ0v) is 34.4. The van der Waals surface area contributed by atoms with E-state index in [1.165, 1.54) is 16.2 Å². The summed E-state index contributed by atoms with van der Waals surface area (Å²) in [6, 6.07) is 6.98. The molecule has 3 aromatic rings. The van der Waals surface area contributed by atoms with Gasteiger partial charge in [-0.05, 0) is 76.6 Å². The van der Waals surface area contributed by atoms with Crippen molar-refractivity contribution in [3.05, 3.63) is 57.8 Å². The summed E-state index contributed by atoms with van der Waals surface area (Å²) in [4.78, 5) is 64.3. The molecular weight excluding hydrogens is 771 g/mol. The molecule has 6 atom stereocenters. The summed E-state index contributed by atoms with van der Waals surface area (Å²) < 4.78 is 38.8. The van der Waals surface area contributed by atoms with Crippen LogP contribution < -0.4 is 29.6 Å². The largest absolute Gasteiger partial charge is 0.496 e. The van der Waals surface area contributed by atoms with E-state index < -0.39 is 52.4 Å². The Labute approximate surface area is 339 Å². The molecule has 4 heterocycles. The van der Waals surface area contributed by atoms with Gasteiger partial charge in [-0.3, -0.25) is 23.9 Å². The van der Waals surface area contributed by atoms with Crippen LogP contribution in [0.2, 0.25) is 0 Å². The zero-order valence-electron chi connectivity index (χ0n) is 32.8. The van der Waals surface area contributed by atoms with E-state index in [1.54, 1.807) is 26.4 Å². The first-order valence-corrected chi connectivity index (χ1v) is 21.7. The number of carbonyl (C=O) groups excluding carboxylic acids is 4. The highest BCUT2D eigenvalue weighted by molar-refractivity contribution is 7.84. The van der Waals surface area contributed by atoms with Crippen molar-refractivity contribution in [2.75, 3.05) is 27.4 Å². The van der Waals surface area contributed by atoms with Crippen LogP contribution >= 0.6 is 11.3 Å². The summed E-state index contributed by atoms with van der Waals surface area (Å²) in [5, 5.41) is 6.63. The lowest BCUT2D eigenvalue weighted by Crippen LogP contribution is -2.58. The van der Waals surface area contributed by atoms with Gasteiger partial charge in [-0.15, -0.1) is 11.3 Å². The van der Waals surface area contributed by atoms with Crippen molar-refractivity contribution in [2.45, 2.75) is 107 Å². The number of benzene rings is 1. The van der Waals surface area contributed by atoms with Crippen LogP contribution in [0.1, 0.15) is 84.8 Å². The summed E-state index contributed by atoms with van der Waals surface area (Å²) in [5.74, 6) is -0.616. The molecule has 4 aliphatic rings. The third-order valence-electron chi connectivity index (χ3n) is 11.1. The molecule has 3 N–H and O–H groups in total. The minimum absolute atomic E-state index is 0.0391. The minimum atomic E-state index is -1.55. The van der Waals surface area contributed by atoms with E-state index in [0.29, 0.717) is 65.6 Å². The fourth-order valence-corrected chi connectivity index (χ4v) is 9.72. The van der Waals surface area contributed by atoms with Crippen LogP contribution in [0, 0.1) is 12.8 Å². The molecule has 16 heteroatoms. The van der Waals surface area contributed by atoms with Gasteiger partial charge in [0.2, 0.25) is 17.7 Å². The molecule has 1 aromatic carbocycles. The molecule has 2 saturated carbocycles. The molecule has 1 unspecified atom stereocenters. The lowest BCUT2D eigenvalue weighted by Gasteiger charge is -2.29. The van der Waals surface area contributed by atoms with Crippen molar-refractivity contribution in [2.24, 2.45) is 5.92 Å². The molecule has 0 bridgehead atoms. The van der Waals surface area contributed by atoms with Crippen molar-refractivity contribution >= 4 is 56.9 Å². The molecule has 4 amide bonds. The van der Waals surface area contributed by atoms with Crippen molar-refractivity contribution in [3.8, 4) is 17.4 Å². The smallest absolute Gasteiger partial charge is 0.262 e. The maximum Gasteiger partial charge on any atom is 0.262 e. The van der Waals surface area contributed by atoms with E-state index in [-0.39, 0.29) is 30.0 Å². The van der Waals surface area contributed by atoms with Gasteiger partial charge in [-0.2, -0.15) is 0 Å². The van der Waals surface area contributed by atoms with Gasteiger partial charge in [-0.1, -0.05) is 25.0 Å². The van der Waals surface area contributed by atoms with Gasteiger partial charge in [0, 0.05) is 41.3 Å². The van der Waals surface area contributed by atoms with Crippen molar-refractivity contribution in [3.63, 3.8) is 0 Å². The molecular formula is C41H51N5O9S2. The fourth-order valence-electron chi connectivity index (χ4n) is 7.74. The number of nitrogens with zero attached hydrogens (tertiary/aromatic N) is 2. The topological polar surface area (TPSA) is 174 Å². The maximum absolute atomic E-state index is 14.8. The second-order valence-corrected chi connectivity index (χ2v) is 17.8. The Kier molecular flexibility index (Phi) is 12.5. The summed E-state index contributed by atoms with van der Waals surface area (Å²) in [5.41, 5.74) is 0.127. The van der Waals surface area contributed by atoms with E-state index in [4.69, 9.17) is 23.9 Å². The Morgan fingerprint density at radius 1 is 1.09 bits per heavy atom. The summed E-state index contributed by atoms with van der Waals surface area (Å²) in [6.45, 7) is 4.54. The highest BCUT2D eigenvalue weighted by Gasteiger charge is 2.61. The van der Waals surface area contributed by atoms with Crippen molar-refractivity contribution in [1.29, 1.82) is 0 Å². The highest BCUT2D eigenvalue weighted by Crippen LogP contribution is 2.46. The Morgan fingerprint density at radius 3 is 2.67 bits per heavy atom. The molecule has 2 aliphatic heterocycles. The van der Waals surface area contributed by atoms with Crippen LogP contribution in [0.25, 0.3) is 10.9 Å². The number of allylic oxidation sites excluding steroid dienone is 1. The standard InChI is InChI=1S/C41H51N5O9S2/c1-5-54-35-20-33(29-16-17-32(53-4)24(2)36(29)43-35)55-26-19-31-37(47)44-41(40(50)45-57(51)28-14-15-28)21-25(41)11-9-7-6-8-10-12-30(39(49)46(31)22-26)42-38(48)34-18-13-27(56-34)23-52-3/h9,11,13,16-18,20,25-26,28,30-31H,5-8,10,12,14-15,19,21-23H2,1-4H3,(H,42,48)(H,44,47)(H,45,50)/b11-9-/t25-,26-,30+,31+,41-,57?/m1/s1. The third kappa shape index (κ3) is 8.97. The third-order valence-corrected chi connectivity index (χ3v) is 13.6. The monoisotopic (exact) mass is 821 g/mol. The number of amides is 4. The average Bonchev–Trinajstić information content (AvgIpc) is 4.07. The Morgan fingerprint density at radius 2 is 1.91 bits per heavy atom. The van der Waals surface area contributed by atoms with Crippen molar-refractivity contribution in [1.82, 2.24) is 25.2 Å². The van der Waals surface area contributed by atoms with E-state index in [0.717, 1.165) is 42.5 Å². The minimum Gasteiger partial charge on any atom is -0.496 e. The first-order valence-electron chi connectivity index (χ1n) is 19.7. The Bertz CT molecular complexity index is 2070. The predicted molar refractivity (Wildman–Crippen MR) is 216 cm³/mol. The number of nitrogens with one attached hydrogen (secondary N) is 3. The number of aryl methyl sites for hydroxylation is 1. The summed E-state index contributed by atoms with van der Waals surface area (Å²) in [6.07, 6.45) is 8.81. The first-order chi connectivity index (χ1) is 27.5. The predicted octanol–water partition coefficient (Wildman–Crippen LogP) is 4.64. The lowest BCUT2D eigenvalue weighted by molar-refractivity contribution is -0.141. The van der Waals surface area contributed by atoms with Gasteiger partial charge in [0.05, 0.1) is 42.5 Å². The number of ether oxygens (including phenoxy) is 4. The molecule has 0 spiro atoms.